The third kappa shape index (κ3) is 4.57. The molecule has 0 radical (unpaired) electrons. The van der Waals surface area contributed by atoms with Crippen molar-refractivity contribution in [2.45, 2.75) is 43.7 Å². The van der Waals surface area contributed by atoms with Gasteiger partial charge in [-0.25, -0.2) is 9.59 Å². The molecule has 33 heavy (non-hydrogen) atoms. The third-order valence-corrected chi connectivity index (χ3v) is 6.59. The van der Waals surface area contributed by atoms with Gasteiger partial charge in [-0.3, -0.25) is 4.79 Å². The molecular weight excluding hydrogens is 424 g/mol. The number of carboxylic acids is 1. The largest absolute Gasteiger partial charge is 0.480 e. The first-order valence-corrected chi connectivity index (χ1v) is 11.1. The molecule has 0 saturated heterocycles. The number of aliphatic carboxylic acids is 1. The van der Waals surface area contributed by atoms with Crippen molar-refractivity contribution in [3.8, 4) is 11.1 Å². The first-order chi connectivity index (χ1) is 15.8. The lowest BCUT2D eigenvalue weighted by molar-refractivity contribution is -0.143. The number of hydrogen-bond donors (Lipinski definition) is 4. The van der Waals surface area contributed by atoms with Crippen LogP contribution in [0.15, 0.2) is 48.5 Å². The zero-order valence-corrected chi connectivity index (χ0v) is 18.4. The van der Waals surface area contributed by atoms with Crippen molar-refractivity contribution in [2.75, 3.05) is 13.2 Å². The summed E-state index contributed by atoms with van der Waals surface area (Å²) in [4.78, 5) is 37.1. The van der Waals surface area contributed by atoms with Gasteiger partial charge in [-0.15, -0.1) is 0 Å². The Bertz CT molecular complexity index is 1020. The molecule has 2 amide bonds. The van der Waals surface area contributed by atoms with Crippen molar-refractivity contribution in [1.82, 2.24) is 10.6 Å². The van der Waals surface area contributed by atoms with Gasteiger partial charge in [-0.1, -0.05) is 48.5 Å². The fraction of sp³-hybridized carbons (Fsp3) is 0.400. The van der Waals surface area contributed by atoms with Gasteiger partial charge in [-0.2, -0.15) is 0 Å². The molecule has 8 nitrogen and oxygen atoms in total. The zero-order chi connectivity index (χ0) is 23.6. The molecule has 0 bridgehead atoms. The molecule has 1 saturated carbocycles. The Morgan fingerprint density at radius 2 is 1.64 bits per heavy atom. The Labute approximate surface area is 192 Å². The molecule has 0 aliphatic heterocycles. The Morgan fingerprint density at radius 3 is 2.15 bits per heavy atom. The fourth-order valence-corrected chi connectivity index (χ4v) is 4.55. The van der Waals surface area contributed by atoms with E-state index in [-0.39, 0.29) is 31.5 Å². The summed E-state index contributed by atoms with van der Waals surface area (Å²) < 4.78 is 5.58. The van der Waals surface area contributed by atoms with E-state index in [9.17, 15) is 19.5 Å². The quantitative estimate of drug-likeness (QED) is 0.464. The average Bonchev–Trinajstić information content (AvgIpc) is 3.61. The second kappa shape index (κ2) is 9.23. The maximum absolute atomic E-state index is 12.9. The predicted octanol–water partition coefficient (Wildman–Crippen LogP) is 2.65. The van der Waals surface area contributed by atoms with Crippen molar-refractivity contribution in [1.29, 1.82) is 0 Å². The Balaban J connectivity index is 1.44. The molecular formula is C25H28N2O6. The first kappa shape index (κ1) is 22.8. The van der Waals surface area contributed by atoms with Crippen LogP contribution in [0.25, 0.3) is 11.1 Å². The van der Waals surface area contributed by atoms with Crippen LogP contribution in [0.4, 0.5) is 4.79 Å². The summed E-state index contributed by atoms with van der Waals surface area (Å²) in [5.41, 5.74) is 3.11. The van der Waals surface area contributed by atoms with Gasteiger partial charge in [0.2, 0.25) is 5.91 Å². The molecule has 0 heterocycles. The summed E-state index contributed by atoms with van der Waals surface area (Å²) in [6.07, 6.45) is 0.638. The van der Waals surface area contributed by atoms with Gasteiger partial charge < -0.3 is 25.6 Å². The lowest BCUT2D eigenvalue weighted by Gasteiger charge is -2.30. The standard InChI is InChI=1S/C25H28N2O6/c1-25(15-10-11-15,23(31)26-21(12-13-28)22(29)30)27-24(32)33-14-20-18-8-4-2-6-16(18)17-7-3-5-9-19(17)20/h2-9,15,20-21,28H,10-14H2,1H3,(H,26,31)(H,27,32)(H,29,30)/t21-,25?/m0/s1. The van der Waals surface area contributed by atoms with Gasteiger partial charge in [0.05, 0.1) is 0 Å². The lowest BCUT2D eigenvalue weighted by Crippen LogP contribution is -2.61. The number of ether oxygens (including phenoxy) is 1. The molecule has 8 heteroatoms. The van der Waals surface area contributed by atoms with Crippen molar-refractivity contribution in [3.63, 3.8) is 0 Å². The van der Waals surface area contributed by atoms with Gasteiger partial charge in [-0.05, 0) is 47.9 Å². The number of benzene rings is 2. The predicted molar refractivity (Wildman–Crippen MR) is 121 cm³/mol. The summed E-state index contributed by atoms with van der Waals surface area (Å²) in [7, 11) is 0. The lowest BCUT2D eigenvalue weighted by atomic mass is 9.94. The minimum absolute atomic E-state index is 0.106. The number of rotatable bonds is 9. The first-order valence-electron chi connectivity index (χ1n) is 11.1. The van der Waals surface area contributed by atoms with Crippen molar-refractivity contribution < 1.29 is 29.3 Å². The Morgan fingerprint density at radius 1 is 1.06 bits per heavy atom. The van der Waals surface area contributed by atoms with Crippen LogP contribution in [0, 0.1) is 5.92 Å². The van der Waals surface area contributed by atoms with Crippen molar-refractivity contribution >= 4 is 18.0 Å². The summed E-state index contributed by atoms with van der Waals surface area (Å²) in [6, 6.07) is 14.8. The van der Waals surface area contributed by atoms with E-state index in [0.717, 1.165) is 35.1 Å². The summed E-state index contributed by atoms with van der Waals surface area (Å²) in [5.74, 6) is -2.05. The minimum atomic E-state index is -1.30. The van der Waals surface area contributed by atoms with Gasteiger partial charge in [0.15, 0.2) is 0 Å². The number of carbonyl (C=O) groups is 3. The molecule has 1 unspecified atom stereocenters. The van der Waals surface area contributed by atoms with Crippen LogP contribution in [-0.2, 0) is 14.3 Å². The number of nitrogens with one attached hydrogen (secondary N) is 2. The highest BCUT2D eigenvalue weighted by Gasteiger charge is 2.49. The van der Waals surface area contributed by atoms with Crippen LogP contribution in [0.2, 0.25) is 0 Å². The normalized spacial score (nSPS) is 17.3. The summed E-state index contributed by atoms with van der Waals surface area (Å²) in [6.45, 7) is 1.32. The molecule has 0 spiro atoms. The van der Waals surface area contributed by atoms with E-state index in [4.69, 9.17) is 9.84 Å². The number of fused-ring (bicyclic) bond motifs is 3. The number of aliphatic hydroxyl groups excluding tert-OH is 1. The molecule has 2 atom stereocenters. The van der Waals surface area contributed by atoms with Crippen LogP contribution in [-0.4, -0.2) is 53.0 Å². The van der Waals surface area contributed by atoms with E-state index in [1.807, 2.05) is 48.5 Å². The van der Waals surface area contributed by atoms with Crippen LogP contribution < -0.4 is 10.6 Å². The number of hydrogen-bond acceptors (Lipinski definition) is 5. The highest BCUT2D eigenvalue weighted by atomic mass is 16.5. The van der Waals surface area contributed by atoms with Crippen LogP contribution in [0.1, 0.15) is 43.2 Å². The second-order valence-electron chi connectivity index (χ2n) is 8.80. The van der Waals surface area contributed by atoms with Crippen molar-refractivity contribution in [3.05, 3.63) is 59.7 Å². The monoisotopic (exact) mass is 452 g/mol. The Hall–Kier alpha value is -3.39. The van der Waals surface area contributed by atoms with Crippen LogP contribution in [0.3, 0.4) is 0 Å². The maximum atomic E-state index is 12.9. The molecule has 4 N–H and O–H groups in total. The number of carbonyl (C=O) groups excluding carboxylic acids is 2. The van der Waals surface area contributed by atoms with Gasteiger partial charge >= 0.3 is 12.1 Å². The Kier molecular flexibility index (Phi) is 6.37. The van der Waals surface area contributed by atoms with E-state index in [0.29, 0.717) is 0 Å². The van der Waals surface area contributed by atoms with Crippen molar-refractivity contribution in [2.24, 2.45) is 5.92 Å². The van der Waals surface area contributed by atoms with Crippen LogP contribution >= 0.6 is 0 Å². The second-order valence-corrected chi connectivity index (χ2v) is 8.80. The molecule has 2 aromatic carbocycles. The summed E-state index contributed by atoms with van der Waals surface area (Å²) >= 11 is 0. The molecule has 2 aromatic rings. The molecule has 174 valence electrons. The maximum Gasteiger partial charge on any atom is 0.408 e. The number of alkyl carbamates (subject to hydrolysis) is 1. The smallest absolute Gasteiger partial charge is 0.408 e. The van der Waals surface area contributed by atoms with Gasteiger partial charge in [0, 0.05) is 18.9 Å². The minimum Gasteiger partial charge on any atom is -0.480 e. The number of carboxylic acid groups (broad SMARTS) is 1. The topological polar surface area (TPSA) is 125 Å². The van der Waals surface area contributed by atoms with E-state index in [2.05, 4.69) is 10.6 Å². The zero-order valence-electron chi connectivity index (χ0n) is 18.4. The average molecular weight is 453 g/mol. The molecule has 1 fully saturated rings. The number of amides is 2. The molecule has 2 aliphatic rings. The van der Waals surface area contributed by atoms with E-state index in [1.165, 1.54) is 0 Å². The SMILES string of the molecule is CC(NC(=O)OCC1c2ccccc2-c2ccccc21)(C(=O)N[C@@H](CCO)C(=O)O)C1CC1. The summed E-state index contributed by atoms with van der Waals surface area (Å²) in [5, 5.41) is 23.5. The number of aliphatic hydroxyl groups is 1. The molecule has 0 aromatic heterocycles. The van der Waals surface area contributed by atoms with E-state index in [1.54, 1.807) is 6.92 Å². The highest BCUT2D eigenvalue weighted by molar-refractivity contribution is 5.93. The highest BCUT2D eigenvalue weighted by Crippen LogP contribution is 2.44. The van der Waals surface area contributed by atoms with Gasteiger partial charge in [0.1, 0.15) is 18.2 Å². The van der Waals surface area contributed by atoms with E-state index < -0.39 is 29.6 Å². The van der Waals surface area contributed by atoms with Crippen LogP contribution in [0.5, 0.6) is 0 Å². The molecule has 2 aliphatic carbocycles. The molecule has 4 rings (SSSR count). The van der Waals surface area contributed by atoms with Gasteiger partial charge in [0.25, 0.3) is 0 Å². The van der Waals surface area contributed by atoms with E-state index >= 15 is 0 Å². The fourth-order valence-electron chi connectivity index (χ4n) is 4.55. The third-order valence-electron chi connectivity index (χ3n) is 6.59.